The number of nitro groups is 3. The first-order valence-electron chi connectivity index (χ1n) is 23.1. The van der Waals surface area contributed by atoms with Crippen LogP contribution in [0, 0.1) is 42.2 Å². The highest BCUT2D eigenvalue weighted by Gasteiger charge is 2.61. The quantitative estimate of drug-likeness (QED) is 0.0653. The van der Waals surface area contributed by atoms with E-state index in [1.165, 1.54) is 111 Å². The van der Waals surface area contributed by atoms with Crippen LogP contribution in [0.15, 0.2) is 83.4 Å². The average Bonchev–Trinajstić information content (AvgIpc) is 4.18. The molecule has 4 fully saturated rings. The fourth-order valence-corrected chi connectivity index (χ4v) is 11.3. The molecule has 5 heterocycles. The van der Waals surface area contributed by atoms with Crippen LogP contribution in [0.25, 0.3) is 0 Å². The van der Waals surface area contributed by atoms with Crippen molar-refractivity contribution in [2.24, 2.45) is 11.8 Å². The van der Waals surface area contributed by atoms with Crippen LogP contribution < -0.4 is 5.32 Å². The van der Waals surface area contributed by atoms with Crippen LogP contribution in [0.5, 0.6) is 0 Å². The van der Waals surface area contributed by atoms with Crippen LogP contribution in [0.2, 0.25) is 0 Å². The van der Waals surface area contributed by atoms with Gasteiger partial charge in [-0.15, -0.1) is 11.8 Å². The molecule has 3 aromatic carbocycles. The van der Waals surface area contributed by atoms with Crippen molar-refractivity contribution >= 4 is 64.7 Å². The fraction of sp³-hybridized carbons (Fsp3) is 0.447. The molecule has 2 N–H and O–H groups in total. The van der Waals surface area contributed by atoms with Gasteiger partial charge in [-0.3, -0.25) is 54.5 Å². The van der Waals surface area contributed by atoms with Gasteiger partial charge in [0, 0.05) is 84.7 Å². The number of rotatable bonds is 16. The third-order valence-electron chi connectivity index (χ3n) is 13.6. The predicted octanol–water partition coefficient (Wildman–Crippen LogP) is 4.55. The zero-order chi connectivity index (χ0) is 51.5. The van der Waals surface area contributed by atoms with Gasteiger partial charge in [0.05, 0.1) is 32.8 Å². The van der Waals surface area contributed by atoms with Gasteiger partial charge in [-0.25, -0.2) is 14.4 Å². The third-order valence-corrected chi connectivity index (χ3v) is 15.0. The molecule has 4 saturated heterocycles. The molecule has 25 heteroatoms. The van der Waals surface area contributed by atoms with Gasteiger partial charge in [0.2, 0.25) is 17.7 Å². The van der Waals surface area contributed by atoms with Gasteiger partial charge in [0.15, 0.2) is 0 Å². The lowest BCUT2D eigenvalue weighted by atomic mass is 9.79. The van der Waals surface area contributed by atoms with E-state index in [4.69, 9.17) is 14.2 Å². The van der Waals surface area contributed by atoms with Crippen molar-refractivity contribution in [1.29, 1.82) is 0 Å². The van der Waals surface area contributed by atoms with Gasteiger partial charge in [0.25, 0.3) is 17.1 Å². The molecule has 380 valence electrons. The highest BCUT2D eigenvalue weighted by Crippen LogP contribution is 2.52. The number of esters is 1. The van der Waals surface area contributed by atoms with E-state index in [0.717, 1.165) is 0 Å². The molecule has 0 aliphatic carbocycles. The number of nitrogens with one attached hydrogen (secondary N) is 1. The lowest BCUT2D eigenvalue weighted by Crippen LogP contribution is -2.63. The zero-order valence-electron chi connectivity index (χ0n) is 38.9. The number of amides is 5. The van der Waals surface area contributed by atoms with Crippen LogP contribution in [-0.2, 0) is 53.2 Å². The molecule has 5 aliphatic rings. The summed E-state index contributed by atoms with van der Waals surface area (Å²) in [5.74, 6) is -3.51. The largest absolute Gasteiger partial charge is 0.456 e. The first-order valence-corrected chi connectivity index (χ1v) is 24.0. The lowest BCUT2D eigenvalue weighted by Gasteiger charge is -2.46. The van der Waals surface area contributed by atoms with Crippen molar-refractivity contribution in [1.82, 2.24) is 24.9 Å². The summed E-state index contributed by atoms with van der Waals surface area (Å²) in [5.41, 5.74) is 0.947. The predicted molar refractivity (Wildman–Crippen MR) is 251 cm³/mol. The molecule has 0 saturated carbocycles. The van der Waals surface area contributed by atoms with Crippen LogP contribution in [0.4, 0.5) is 26.7 Å². The number of nitro benzene ring substituents is 3. The second kappa shape index (κ2) is 21.4. The summed E-state index contributed by atoms with van der Waals surface area (Å²) in [5, 5.41) is 46.4. The van der Waals surface area contributed by atoms with Gasteiger partial charge in [-0.2, -0.15) is 0 Å². The molecule has 1 unspecified atom stereocenters. The standard InChI is InChI=1S/C47H50N8O16S/c1-26-39-38(27(2)56)44(59)52(39)40(45(60)69-23-28-5-11-32(12-6-28)53(63)64)41(26)72-35-20-37(51(22-35)47(62)71-25-30-9-15-34(16-10-30)55(67)68)43(58)49-19-17-31(21-49)48-42(57)36-4-3-18-50(36)46(61)70-24-29-7-13-33(14-8-29)54(65)66/h5-16,26-27,31,35-39,56H,3-4,17-25H2,1-2H3,(H,48,57)/t26-,27-,31+,35?,36-,37+,38-,39-/m1/s1. The molecule has 24 nitrogen and oxygen atoms in total. The van der Waals surface area contributed by atoms with Gasteiger partial charge in [0.1, 0.15) is 37.6 Å². The minimum absolute atomic E-state index is 0.0416. The van der Waals surface area contributed by atoms with Crippen molar-refractivity contribution in [3.8, 4) is 0 Å². The SMILES string of the molecule is C[C@@H](O)[C@H]1C(=O)N2C(C(=O)OCc3ccc([N+](=O)[O-])cc3)=C(SC3C[C@@H](C(=O)N4CC[C@H](NC(=O)[C@H]5CCCN5C(=O)OCc5ccc([N+](=O)[O-])cc5)C4)N(C(=O)OCc4ccc([N+](=O)[O-])cc4)C3)[C@H](C)[C@H]12. The molecule has 8 atom stereocenters. The maximum absolute atomic E-state index is 14.6. The Kier molecular flexibility index (Phi) is 15.0. The second-order valence-corrected chi connectivity index (χ2v) is 19.5. The number of benzene rings is 3. The first kappa shape index (κ1) is 50.7. The summed E-state index contributed by atoms with van der Waals surface area (Å²) < 4.78 is 16.8. The van der Waals surface area contributed by atoms with E-state index in [1.807, 2.05) is 0 Å². The molecule has 0 bridgehead atoms. The zero-order valence-corrected chi connectivity index (χ0v) is 39.8. The number of likely N-dealkylation sites (tertiary alicyclic amines) is 3. The summed E-state index contributed by atoms with van der Waals surface area (Å²) in [4.78, 5) is 120. The molecular weight excluding hydrogens is 965 g/mol. The average molecular weight is 1020 g/mol. The number of thioether (sulfide) groups is 1. The van der Waals surface area contributed by atoms with Crippen LogP contribution in [0.1, 0.15) is 56.2 Å². The summed E-state index contributed by atoms with van der Waals surface area (Å²) in [7, 11) is 0. The molecule has 72 heavy (non-hydrogen) atoms. The van der Waals surface area contributed by atoms with Crippen molar-refractivity contribution < 1.29 is 62.9 Å². The van der Waals surface area contributed by atoms with Gasteiger partial charge >= 0.3 is 18.2 Å². The number of β-lactam (4-membered cyclic amide) rings is 1. The summed E-state index contributed by atoms with van der Waals surface area (Å²) in [6.07, 6.45) is -1.29. The molecular formula is C47H50N8O16S. The Morgan fingerprint density at radius 3 is 1.76 bits per heavy atom. The Hall–Kier alpha value is -7.67. The van der Waals surface area contributed by atoms with Crippen molar-refractivity contribution in [2.45, 2.75) is 94.9 Å². The highest BCUT2D eigenvalue weighted by molar-refractivity contribution is 8.03. The van der Waals surface area contributed by atoms with Crippen LogP contribution >= 0.6 is 11.8 Å². The second-order valence-electron chi connectivity index (χ2n) is 18.2. The monoisotopic (exact) mass is 1010 g/mol. The molecule has 5 aliphatic heterocycles. The van der Waals surface area contributed by atoms with Gasteiger partial charge < -0.3 is 34.4 Å². The lowest BCUT2D eigenvalue weighted by molar-refractivity contribution is -0.385. The molecule has 0 aromatic heterocycles. The Labute approximate surface area is 414 Å². The van der Waals surface area contributed by atoms with E-state index < -0.39 is 98.0 Å². The van der Waals surface area contributed by atoms with E-state index in [-0.39, 0.29) is 75.2 Å². The molecule has 0 spiro atoms. The van der Waals surface area contributed by atoms with Crippen molar-refractivity contribution in [3.05, 3.63) is 130 Å². The number of carbonyl (C=O) groups excluding carboxylic acids is 6. The van der Waals surface area contributed by atoms with Crippen molar-refractivity contribution in [3.63, 3.8) is 0 Å². The maximum Gasteiger partial charge on any atom is 0.410 e. The number of non-ortho nitro benzene ring substituents is 3. The van der Waals surface area contributed by atoms with Crippen LogP contribution in [-0.4, -0.2) is 137 Å². The third kappa shape index (κ3) is 10.7. The number of hydrogen-bond acceptors (Lipinski definition) is 17. The summed E-state index contributed by atoms with van der Waals surface area (Å²) in [6.45, 7) is 3.08. The fourth-order valence-electron chi connectivity index (χ4n) is 9.83. The number of nitrogens with zero attached hydrogens (tertiary/aromatic N) is 7. The Morgan fingerprint density at radius 2 is 1.25 bits per heavy atom. The molecule has 3 aromatic rings. The van der Waals surface area contributed by atoms with E-state index in [9.17, 15) is 64.2 Å². The van der Waals surface area contributed by atoms with E-state index in [2.05, 4.69) is 5.32 Å². The highest BCUT2D eigenvalue weighted by atomic mass is 32.2. The maximum atomic E-state index is 14.6. The number of fused-ring (bicyclic) bond motifs is 1. The molecule has 5 amide bonds. The summed E-state index contributed by atoms with van der Waals surface area (Å²) >= 11 is 1.20. The topological polar surface area (TPSA) is 305 Å². The first-order chi connectivity index (χ1) is 34.4. The van der Waals surface area contributed by atoms with Gasteiger partial charge in [-0.1, -0.05) is 6.92 Å². The number of aliphatic hydroxyl groups is 1. The normalized spacial score (nSPS) is 23.8. The van der Waals surface area contributed by atoms with Crippen LogP contribution in [0.3, 0.4) is 0 Å². The number of carbonyl (C=O) groups is 6. The Morgan fingerprint density at radius 1 is 0.736 bits per heavy atom. The molecule has 8 rings (SSSR count). The smallest absolute Gasteiger partial charge is 0.410 e. The minimum atomic E-state index is -1.09. The number of ether oxygens (including phenoxy) is 3. The number of aliphatic hydroxyl groups excluding tert-OH is 1. The van der Waals surface area contributed by atoms with E-state index in [0.29, 0.717) is 40.9 Å². The van der Waals surface area contributed by atoms with E-state index >= 15 is 0 Å². The summed E-state index contributed by atoms with van der Waals surface area (Å²) in [6, 6.07) is 13.3. The van der Waals surface area contributed by atoms with Crippen molar-refractivity contribution in [2.75, 3.05) is 26.2 Å². The Balaban J connectivity index is 0.958. The number of hydrogen-bond donors (Lipinski definition) is 2. The van der Waals surface area contributed by atoms with Gasteiger partial charge in [-0.05, 0) is 85.7 Å². The minimum Gasteiger partial charge on any atom is -0.456 e. The Bertz CT molecular complexity index is 2690. The molecule has 0 radical (unpaired) electrons. The van der Waals surface area contributed by atoms with E-state index in [1.54, 1.807) is 6.92 Å².